The van der Waals surface area contributed by atoms with Crippen LogP contribution in [-0.4, -0.2) is 32.6 Å². The summed E-state index contributed by atoms with van der Waals surface area (Å²) < 4.78 is 16.6. The van der Waals surface area contributed by atoms with Crippen molar-refractivity contribution in [2.75, 3.05) is 20.3 Å². The highest BCUT2D eigenvalue weighted by Gasteiger charge is 2.19. The molecule has 0 aliphatic carbocycles. The first kappa shape index (κ1) is 13.5. The predicted molar refractivity (Wildman–Crippen MR) is 81.8 cm³/mol. The summed E-state index contributed by atoms with van der Waals surface area (Å²) in [6.07, 6.45) is 1.79. The number of para-hydroxylation sites is 2. The number of aliphatic imine (C=N–C) groups is 1. The Morgan fingerprint density at radius 1 is 1.14 bits per heavy atom. The number of methoxy groups -OCH3 is 1. The van der Waals surface area contributed by atoms with E-state index in [0.29, 0.717) is 13.2 Å². The van der Waals surface area contributed by atoms with Gasteiger partial charge in [0.05, 0.1) is 13.7 Å². The Bertz CT molecular complexity index is 622. The normalized spacial score (nSPS) is 16.9. The van der Waals surface area contributed by atoms with Crippen LogP contribution in [0, 0.1) is 0 Å². The summed E-state index contributed by atoms with van der Waals surface area (Å²) in [5.74, 6) is 2.43. The smallest absolute Gasteiger partial charge is 0.161 e. The van der Waals surface area contributed by atoms with Crippen LogP contribution < -0.4 is 14.2 Å². The molecule has 0 aromatic heterocycles. The molecule has 1 heterocycles. The summed E-state index contributed by atoms with van der Waals surface area (Å²) in [5.41, 5.74) is 1.04. The van der Waals surface area contributed by atoms with Gasteiger partial charge in [0.2, 0.25) is 0 Å². The van der Waals surface area contributed by atoms with E-state index in [-0.39, 0.29) is 6.10 Å². The van der Waals surface area contributed by atoms with Crippen LogP contribution in [-0.2, 0) is 0 Å². The number of ether oxygens (including phenoxy) is 3. The van der Waals surface area contributed by atoms with Crippen LogP contribution in [0.3, 0.4) is 0 Å². The van der Waals surface area contributed by atoms with Gasteiger partial charge in [-0.2, -0.15) is 0 Å². The maximum atomic E-state index is 5.85. The average molecular weight is 283 g/mol. The van der Waals surface area contributed by atoms with Crippen molar-refractivity contribution in [3.05, 3.63) is 54.1 Å². The first-order valence-corrected chi connectivity index (χ1v) is 6.87. The van der Waals surface area contributed by atoms with Crippen molar-refractivity contribution < 1.29 is 14.2 Å². The van der Waals surface area contributed by atoms with E-state index in [4.69, 9.17) is 14.2 Å². The lowest BCUT2D eigenvalue weighted by Gasteiger charge is -2.25. The van der Waals surface area contributed by atoms with E-state index in [1.165, 1.54) is 0 Å². The van der Waals surface area contributed by atoms with Crippen molar-refractivity contribution in [2.45, 2.75) is 6.10 Å². The average Bonchev–Trinajstić information content (AvgIpc) is 2.55. The molecular weight excluding hydrogens is 266 g/mol. The highest BCUT2D eigenvalue weighted by Crippen LogP contribution is 2.30. The molecule has 0 N–H and O–H groups in total. The minimum Gasteiger partial charge on any atom is -0.497 e. The summed E-state index contributed by atoms with van der Waals surface area (Å²) in [5, 5.41) is 0. The van der Waals surface area contributed by atoms with Crippen LogP contribution >= 0.6 is 0 Å². The van der Waals surface area contributed by atoms with E-state index < -0.39 is 0 Å². The first-order valence-electron chi connectivity index (χ1n) is 6.87. The zero-order chi connectivity index (χ0) is 14.5. The third-order valence-corrected chi connectivity index (χ3v) is 3.23. The number of hydrogen-bond acceptors (Lipinski definition) is 4. The minimum absolute atomic E-state index is 0.0469. The van der Waals surface area contributed by atoms with Crippen LogP contribution in [0.25, 0.3) is 0 Å². The van der Waals surface area contributed by atoms with Crippen molar-refractivity contribution in [1.82, 2.24) is 0 Å². The highest BCUT2D eigenvalue weighted by atomic mass is 16.6. The number of hydrogen-bond donors (Lipinski definition) is 0. The molecule has 0 fully saturated rings. The second kappa shape index (κ2) is 6.31. The van der Waals surface area contributed by atoms with Gasteiger partial charge in [0.15, 0.2) is 17.6 Å². The number of nitrogens with zero attached hydrogens (tertiary/aromatic N) is 1. The Balaban J connectivity index is 1.57. The quantitative estimate of drug-likeness (QED) is 0.810. The molecule has 0 bridgehead atoms. The van der Waals surface area contributed by atoms with E-state index in [1.54, 1.807) is 7.11 Å². The van der Waals surface area contributed by atoms with Crippen molar-refractivity contribution in [2.24, 2.45) is 4.99 Å². The summed E-state index contributed by atoms with van der Waals surface area (Å²) in [6.45, 7) is 1.09. The predicted octanol–water partition coefficient (Wildman–Crippen LogP) is 2.95. The molecule has 1 atom stereocenters. The van der Waals surface area contributed by atoms with Gasteiger partial charge in [-0.1, -0.05) is 12.1 Å². The fourth-order valence-electron chi connectivity index (χ4n) is 2.12. The zero-order valence-corrected chi connectivity index (χ0v) is 11.9. The Hall–Kier alpha value is -2.49. The Kier molecular flexibility index (Phi) is 4.05. The van der Waals surface area contributed by atoms with Crippen LogP contribution in [0.1, 0.15) is 5.56 Å². The van der Waals surface area contributed by atoms with Crippen LogP contribution in [0.5, 0.6) is 17.2 Å². The van der Waals surface area contributed by atoms with E-state index in [0.717, 1.165) is 22.8 Å². The van der Waals surface area contributed by atoms with E-state index in [2.05, 4.69) is 4.99 Å². The topological polar surface area (TPSA) is 40.0 Å². The number of rotatable bonds is 4. The van der Waals surface area contributed by atoms with Gasteiger partial charge in [-0.15, -0.1) is 0 Å². The van der Waals surface area contributed by atoms with E-state index in [9.17, 15) is 0 Å². The SMILES string of the molecule is COc1ccc(C=NCC2COc3ccccc3O2)cc1. The molecule has 2 aromatic carbocycles. The van der Waals surface area contributed by atoms with Crippen LogP contribution in [0.15, 0.2) is 53.5 Å². The Morgan fingerprint density at radius 3 is 2.67 bits per heavy atom. The largest absolute Gasteiger partial charge is 0.497 e. The molecule has 4 nitrogen and oxygen atoms in total. The molecule has 4 heteroatoms. The van der Waals surface area contributed by atoms with Crippen molar-refractivity contribution in [3.63, 3.8) is 0 Å². The lowest BCUT2D eigenvalue weighted by atomic mass is 10.2. The lowest BCUT2D eigenvalue weighted by Crippen LogP contribution is -2.31. The molecule has 1 aliphatic rings. The fourth-order valence-corrected chi connectivity index (χ4v) is 2.12. The van der Waals surface area contributed by atoms with Gasteiger partial charge >= 0.3 is 0 Å². The summed E-state index contributed by atoms with van der Waals surface area (Å²) in [6, 6.07) is 15.5. The molecule has 0 spiro atoms. The molecule has 0 amide bonds. The number of benzene rings is 2. The maximum Gasteiger partial charge on any atom is 0.161 e. The molecule has 0 saturated carbocycles. The summed E-state index contributed by atoms with van der Waals surface area (Å²) in [4.78, 5) is 4.42. The van der Waals surface area contributed by atoms with Crippen LogP contribution in [0.4, 0.5) is 0 Å². The molecule has 2 aromatic rings. The molecular formula is C17H17NO3. The summed E-state index contributed by atoms with van der Waals surface area (Å²) in [7, 11) is 1.65. The lowest BCUT2D eigenvalue weighted by molar-refractivity contribution is 0.0973. The molecule has 0 saturated heterocycles. The minimum atomic E-state index is -0.0469. The Labute approximate surface area is 124 Å². The second-order valence-corrected chi connectivity index (χ2v) is 4.77. The van der Waals surface area contributed by atoms with Crippen molar-refractivity contribution in [3.8, 4) is 17.2 Å². The van der Waals surface area contributed by atoms with Crippen molar-refractivity contribution in [1.29, 1.82) is 0 Å². The molecule has 3 rings (SSSR count). The summed E-state index contributed by atoms with van der Waals surface area (Å²) >= 11 is 0. The van der Waals surface area contributed by atoms with Crippen molar-refractivity contribution >= 4 is 6.21 Å². The third-order valence-electron chi connectivity index (χ3n) is 3.23. The number of fused-ring (bicyclic) bond motifs is 1. The second-order valence-electron chi connectivity index (χ2n) is 4.77. The monoisotopic (exact) mass is 283 g/mol. The molecule has 0 radical (unpaired) electrons. The van der Waals surface area contributed by atoms with Gasteiger partial charge < -0.3 is 14.2 Å². The van der Waals surface area contributed by atoms with Gasteiger partial charge in [-0.3, -0.25) is 4.99 Å². The van der Waals surface area contributed by atoms with Gasteiger partial charge in [0.1, 0.15) is 12.4 Å². The maximum absolute atomic E-state index is 5.85. The fraction of sp³-hybridized carbons (Fsp3) is 0.235. The van der Waals surface area contributed by atoms with Gasteiger partial charge in [-0.05, 0) is 42.0 Å². The molecule has 21 heavy (non-hydrogen) atoms. The zero-order valence-electron chi connectivity index (χ0n) is 11.9. The molecule has 1 unspecified atom stereocenters. The van der Waals surface area contributed by atoms with Gasteiger partial charge in [-0.25, -0.2) is 0 Å². The van der Waals surface area contributed by atoms with Gasteiger partial charge in [0, 0.05) is 6.21 Å². The Morgan fingerprint density at radius 2 is 1.90 bits per heavy atom. The molecule has 1 aliphatic heterocycles. The van der Waals surface area contributed by atoms with E-state index >= 15 is 0 Å². The standard InChI is InChI=1S/C17H17NO3/c1-19-14-8-6-13(7-9-14)10-18-11-15-12-20-16-4-2-3-5-17(16)21-15/h2-10,15H,11-12H2,1H3. The third kappa shape index (κ3) is 3.34. The van der Waals surface area contributed by atoms with Gasteiger partial charge in [0.25, 0.3) is 0 Å². The highest BCUT2D eigenvalue weighted by molar-refractivity contribution is 5.79. The van der Waals surface area contributed by atoms with E-state index in [1.807, 2.05) is 54.7 Å². The first-order chi connectivity index (χ1) is 10.3. The van der Waals surface area contributed by atoms with Crippen LogP contribution in [0.2, 0.25) is 0 Å². The molecule has 108 valence electrons.